The smallest absolute Gasteiger partial charge is 0.112 e. The molecule has 1 unspecified atom stereocenters. The minimum Gasteiger partial charge on any atom is -0.328 e. The summed E-state index contributed by atoms with van der Waals surface area (Å²) in [5, 5.41) is 4.34. The second-order valence-corrected chi connectivity index (χ2v) is 10.5. The van der Waals surface area contributed by atoms with Gasteiger partial charge in [-0.05, 0) is 49.2 Å². The summed E-state index contributed by atoms with van der Waals surface area (Å²) in [6.07, 6.45) is 4.42. The van der Waals surface area contributed by atoms with Crippen molar-refractivity contribution in [1.82, 2.24) is 0 Å². The number of hydrogen-bond acceptors (Lipinski definition) is 1. The molecule has 3 heteroatoms. The summed E-state index contributed by atoms with van der Waals surface area (Å²) in [5.41, 5.74) is 6.44. The van der Waals surface area contributed by atoms with Crippen LogP contribution in [0.15, 0.2) is 91.0 Å². The van der Waals surface area contributed by atoms with Crippen LogP contribution < -0.4 is 21.6 Å². The fourth-order valence-electron chi connectivity index (χ4n) is 3.76. The Hall–Kier alpha value is -1.47. The molecular formula is C24H30BrNP+. The Morgan fingerprint density at radius 1 is 0.667 bits per heavy atom. The number of hydrogen-bond donors (Lipinski definition) is 1. The highest BCUT2D eigenvalue weighted by Gasteiger charge is 2.44. The monoisotopic (exact) mass is 442 g/mol. The van der Waals surface area contributed by atoms with E-state index in [1.165, 1.54) is 15.9 Å². The molecule has 0 saturated heterocycles. The summed E-state index contributed by atoms with van der Waals surface area (Å²) in [6.45, 7) is 2.22. The normalized spacial score (nSPS) is 12.2. The van der Waals surface area contributed by atoms with Crippen molar-refractivity contribution in [3.8, 4) is 0 Å². The summed E-state index contributed by atoms with van der Waals surface area (Å²) in [5.74, 6) is 0. The molecule has 0 heterocycles. The first-order chi connectivity index (χ1) is 12.8. The molecule has 0 amide bonds. The highest BCUT2D eigenvalue weighted by molar-refractivity contribution is 8.93. The van der Waals surface area contributed by atoms with Gasteiger partial charge in [0.1, 0.15) is 23.2 Å². The Balaban J connectivity index is 0.00000261. The molecule has 3 aromatic rings. The van der Waals surface area contributed by atoms with Crippen LogP contribution >= 0.6 is 24.2 Å². The van der Waals surface area contributed by atoms with Crippen LogP contribution in [-0.2, 0) is 0 Å². The topological polar surface area (TPSA) is 26.0 Å². The first-order valence-corrected chi connectivity index (χ1v) is 11.6. The largest absolute Gasteiger partial charge is 0.328 e. The first-order valence-electron chi connectivity index (χ1n) is 9.58. The molecule has 0 spiro atoms. The van der Waals surface area contributed by atoms with Gasteiger partial charge in [0.2, 0.25) is 0 Å². The fourth-order valence-corrected chi connectivity index (χ4v) is 8.19. The predicted molar refractivity (Wildman–Crippen MR) is 128 cm³/mol. The Morgan fingerprint density at radius 2 is 1.04 bits per heavy atom. The zero-order valence-electron chi connectivity index (χ0n) is 16.0. The minimum atomic E-state index is -1.71. The van der Waals surface area contributed by atoms with Gasteiger partial charge in [-0.25, -0.2) is 0 Å². The average molecular weight is 443 g/mol. The molecule has 0 saturated carbocycles. The van der Waals surface area contributed by atoms with Crippen LogP contribution in [0.3, 0.4) is 0 Å². The van der Waals surface area contributed by atoms with Crippen molar-refractivity contribution in [3.63, 3.8) is 0 Å². The summed E-state index contributed by atoms with van der Waals surface area (Å²) >= 11 is 0. The van der Waals surface area contributed by atoms with E-state index in [1.54, 1.807) is 0 Å². The molecule has 3 rings (SSSR count). The van der Waals surface area contributed by atoms with Crippen molar-refractivity contribution in [2.45, 2.75) is 32.2 Å². The maximum Gasteiger partial charge on any atom is 0.112 e. The molecule has 3 aromatic carbocycles. The van der Waals surface area contributed by atoms with Crippen LogP contribution in [0, 0.1) is 0 Å². The zero-order chi connectivity index (χ0) is 18.2. The van der Waals surface area contributed by atoms with Gasteiger partial charge in [0.05, 0.1) is 6.16 Å². The number of nitrogens with two attached hydrogens (primary N) is 1. The van der Waals surface area contributed by atoms with Crippen LogP contribution in [-0.4, -0.2) is 12.2 Å². The van der Waals surface area contributed by atoms with Gasteiger partial charge in [-0.2, -0.15) is 0 Å². The molecule has 27 heavy (non-hydrogen) atoms. The molecule has 0 fully saturated rings. The molecule has 0 aliphatic carbocycles. The predicted octanol–water partition coefficient (Wildman–Crippen LogP) is 5.08. The van der Waals surface area contributed by atoms with Crippen LogP contribution in [0.1, 0.15) is 26.2 Å². The number of benzene rings is 3. The minimum absolute atomic E-state index is 0. The van der Waals surface area contributed by atoms with Crippen molar-refractivity contribution in [1.29, 1.82) is 0 Å². The average Bonchev–Trinajstić information content (AvgIpc) is 2.71. The Kier molecular flexibility index (Phi) is 8.70. The second kappa shape index (κ2) is 10.8. The maximum atomic E-state index is 6.44. The molecule has 1 nitrogen and oxygen atoms in total. The van der Waals surface area contributed by atoms with E-state index in [1.807, 2.05) is 0 Å². The molecule has 0 aromatic heterocycles. The summed E-state index contributed by atoms with van der Waals surface area (Å²) in [6, 6.07) is 33.4. The van der Waals surface area contributed by atoms with E-state index in [0.29, 0.717) is 0 Å². The molecule has 0 radical (unpaired) electrons. The number of halogens is 1. The number of rotatable bonds is 8. The van der Waals surface area contributed by atoms with E-state index >= 15 is 0 Å². The van der Waals surface area contributed by atoms with Crippen LogP contribution in [0.2, 0.25) is 0 Å². The molecule has 0 bridgehead atoms. The molecule has 0 aliphatic heterocycles. The highest BCUT2D eigenvalue weighted by Crippen LogP contribution is 2.55. The summed E-state index contributed by atoms with van der Waals surface area (Å²) in [7, 11) is -1.71. The van der Waals surface area contributed by atoms with E-state index < -0.39 is 7.26 Å². The first kappa shape index (κ1) is 21.8. The van der Waals surface area contributed by atoms with Gasteiger partial charge in [-0.3, -0.25) is 0 Å². The third kappa shape index (κ3) is 5.08. The lowest BCUT2D eigenvalue weighted by atomic mass is 10.1. The van der Waals surface area contributed by atoms with E-state index in [-0.39, 0.29) is 23.0 Å². The van der Waals surface area contributed by atoms with E-state index in [9.17, 15) is 0 Å². The molecule has 142 valence electrons. The highest BCUT2D eigenvalue weighted by atomic mass is 79.9. The standard InChI is InChI=1S/C24H29NP.BrH/c1-2-12-21(25)19-20-26(22-13-6-3-7-14-22,23-15-8-4-9-16-23)24-17-10-5-11-18-24;/h3-11,13-18,21H,2,12,19-20,25H2,1H3;1H/q+1;. The van der Waals surface area contributed by atoms with Crippen molar-refractivity contribution in [3.05, 3.63) is 91.0 Å². The van der Waals surface area contributed by atoms with Crippen molar-refractivity contribution < 1.29 is 0 Å². The van der Waals surface area contributed by atoms with Crippen molar-refractivity contribution >= 4 is 40.2 Å². The lowest BCUT2D eigenvalue weighted by Gasteiger charge is -2.28. The molecule has 0 aliphatic rings. The zero-order valence-corrected chi connectivity index (χ0v) is 18.6. The maximum absolute atomic E-state index is 6.44. The van der Waals surface area contributed by atoms with Gasteiger partial charge >= 0.3 is 0 Å². The summed E-state index contributed by atoms with van der Waals surface area (Å²) in [4.78, 5) is 0. The van der Waals surface area contributed by atoms with E-state index in [2.05, 4.69) is 97.9 Å². The van der Waals surface area contributed by atoms with Gasteiger partial charge in [0.15, 0.2) is 0 Å². The van der Waals surface area contributed by atoms with Crippen LogP contribution in [0.4, 0.5) is 0 Å². The quantitative estimate of drug-likeness (QED) is 0.483. The molecular weight excluding hydrogens is 413 g/mol. The second-order valence-electron chi connectivity index (χ2n) is 6.88. The van der Waals surface area contributed by atoms with E-state index in [4.69, 9.17) is 5.73 Å². The summed E-state index contributed by atoms with van der Waals surface area (Å²) < 4.78 is 0. The van der Waals surface area contributed by atoms with Crippen molar-refractivity contribution in [2.24, 2.45) is 5.73 Å². The molecule has 2 N–H and O–H groups in total. The Bertz CT molecular complexity index is 681. The van der Waals surface area contributed by atoms with Gasteiger partial charge in [-0.1, -0.05) is 67.9 Å². The van der Waals surface area contributed by atoms with Crippen molar-refractivity contribution in [2.75, 3.05) is 6.16 Å². The molecule has 1 atom stereocenters. The van der Waals surface area contributed by atoms with Gasteiger partial charge < -0.3 is 5.73 Å². The SMILES string of the molecule is Br.CCCC(N)CC[P+](c1ccccc1)(c1ccccc1)c1ccccc1. The third-order valence-corrected chi connectivity index (χ3v) is 9.55. The van der Waals surface area contributed by atoms with E-state index in [0.717, 1.165) is 25.4 Å². The fraction of sp³-hybridized carbons (Fsp3) is 0.250. The van der Waals surface area contributed by atoms with Gasteiger partial charge in [0, 0.05) is 6.04 Å². The lowest BCUT2D eigenvalue weighted by molar-refractivity contribution is 0.589. The van der Waals surface area contributed by atoms with Crippen LogP contribution in [0.5, 0.6) is 0 Å². The van der Waals surface area contributed by atoms with Crippen LogP contribution in [0.25, 0.3) is 0 Å². The van der Waals surface area contributed by atoms with Gasteiger partial charge in [-0.15, -0.1) is 17.0 Å². The van der Waals surface area contributed by atoms with Gasteiger partial charge in [0.25, 0.3) is 0 Å². The lowest BCUT2D eigenvalue weighted by Crippen LogP contribution is -2.35. The Labute approximate surface area is 175 Å². The Morgan fingerprint density at radius 3 is 1.37 bits per heavy atom. The third-order valence-electron chi connectivity index (χ3n) is 5.09.